The Morgan fingerprint density at radius 2 is 2.33 bits per heavy atom. The highest BCUT2D eigenvalue weighted by molar-refractivity contribution is 5.99. The van der Waals surface area contributed by atoms with Crippen LogP contribution in [0.2, 0.25) is 0 Å². The summed E-state index contributed by atoms with van der Waals surface area (Å²) in [6.45, 7) is 0. The molecule has 0 fully saturated rings. The van der Waals surface area contributed by atoms with Crippen molar-refractivity contribution in [1.29, 1.82) is 10.7 Å². The number of allylic oxidation sites excluding steroid dienone is 3. The first-order valence-corrected chi connectivity index (χ1v) is 3.34. The molecule has 0 aromatic heterocycles. The molecule has 1 rings (SSSR count). The van der Waals surface area contributed by atoms with Gasteiger partial charge in [0.15, 0.2) is 0 Å². The lowest BCUT2D eigenvalue weighted by Crippen LogP contribution is -2.18. The number of nitriles is 1. The number of amidine groups is 1. The number of hydrogen-bond donors (Lipinski definition) is 3. The maximum Gasteiger partial charge on any atom is 0.135 e. The molecule has 0 spiro atoms. The van der Waals surface area contributed by atoms with E-state index in [9.17, 15) is 0 Å². The third-order valence-electron chi connectivity index (χ3n) is 1.36. The molecule has 0 atom stereocenters. The highest BCUT2D eigenvalue weighted by atomic mass is 14.9. The van der Waals surface area contributed by atoms with Gasteiger partial charge in [0.2, 0.25) is 0 Å². The topological polar surface area (TPSA) is 85.7 Å². The van der Waals surface area contributed by atoms with Crippen molar-refractivity contribution in [3.63, 3.8) is 0 Å². The molecule has 0 unspecified atom stereocenters. The lowest BCUT2D eigenvalue weighted by atomic mass is 10.1. The zero-order valence-corrected chi connectivity index (χ0v) is 6.33. The molecule has 60 valence electrons. The molecule has 0 saturated carbocycles. The van der Waals surface area contributed by atoms with E-state index in [1.807, 2.05) is 6.07 Å². The highest BCUT2D eigenvalue weighted by Gasteiger charge is 2.06. The molecule has 1 aliphatic heterocycles. The first-order valence-electron chi connectivity index (χ1n) is 3.34. The second kappa shape index (κ2) is 3.39. The Labute approximate surface area is 70.2 Å². The maximum absolute atomic E-state index is 8.62. The number of nitrogens with zero attached hydrogens (tertiary/aromatic N) is 1. The van der Waals surface area contributed by atoms with Crippen molar-refractivity contribution in [2.75, 3.05) is 0 Å². The molecule has 0 radical (unpaired) electrons. The monoisotopic (exact) mass is 160 g/mol. The fraction of sp³-hybridized carbons (Fsp3) is 0. The van der Waals surface area contributed by atoms with Crippen molar-refractivity contribution >= 4 is 5.84 Å². The lowest BCUT2D eigenvalue weighted by molar-refractivity contribution is 1.08. The third kappa shape index (κ3) is 1.52. The molecule has 0 saturated heterocycles. The van der Waals surface area contributed by atoms with Gasteiger partial charge >= 0.3 is 0 Å². The number of hydrogen-bond acceptors (Lipinski definition) is 3. The van der Waals surface area contributed by atoms with E-state index >= 15 is 0 Å². The SMILES string of the molecule is N#C/C(C(=N)N)=C1/C=CC=CN1. The Balaban J connectivity index is 3.04. The van der Waals surface area contributed by atoms with E-state index in [-0.39, 0.29) is 11.4 Å². The second-order valence-corrected chi connectivity index (χ2v) is 2.18. The summed E-state index contributed by atoms with van der Waals surface area (Å²) < 4.78 is 0. The van der Waals surface area contributed by atoms with Gasteiger partial charge in [0, 0.05) is 6.20 Å². The van der Waals surface area contributed by atoms with Gasteiger partial charge in [-0.05, 0) is 12.2 Å². The molecule has 0 aromatic rings. The van der Waals surface area contributed by atoms with Gasteiger partial charge in [-0.3, -0.25) is 5.41 Å². The average Bonchev–Trinajstić information content (AvgIpc) is 2.07. The van der Waals surface area contributed by atoms with Crippen molar-refractivity contribution in [1.82, 2.24) is 5.32 Å². The number of nitrogens with one attached hydrogen (secondary N) is 2. The molecule has 0 amide bonds. The molecule has 1 heterocycles. The quantitative estimate of drug-likeness (QED) is 0.294. The molecule has 4 N–H and O–H groups in total. The fourth-order valence-electron chi connectivity index (χ4n) is 0.814. The van der Waals surface area contributed by atoms with E-state index in [0.717, 1.165) is 0 Å². The summed E-state index contributed by atoms with van der Waals surface area (Å²) >= 11 is 0. The second-order valence-electron chi connectivity index (χ2n) is 2.18. The van der Waals surface area contributed by atoms with Gasteiger partial charge in [-0.1, -0.05) is 6.08 Å². The van der Waals surface area contributed by atoms with Crippen LogP contribution in [0.15, 0.2) is 35.7 Å². The number of rotatable bonds is 1. The van der Waals surface area contributed by atoms with Crippen LogP contribution in [0.4, 0.5) is 0 Å². The van der Waals surface area contributed by atoms with Crippen LogP contribution < -0.4 is 11.1 Å². The van der Waals surface area contributed by atoms with Gasteiger partial charge in [0.05, 0.1) is 5.70 Å². The zero-order valence-electron chi connectivity index (χ0n) is 6.33. The van der Waals surface area contributed by atoms with E-state index in [2.05, 4.69) is 5.32 Å². The standard InChI is InChI=1S/C8H8N4/c9-5-6(8(10)11)7-3-1-2-4-12-7/h1-4,12H,(H3,10,11)/b7-6+. The predicted octanol–water partition coefficient (Wildman–Crippen LogP) is 0.373. The average molecular weight is 160 g/mol. The Bertz CT molecular complexity index is 327. The molecule has 12 heavy (non-hydrogen) atoms. The molecule has 1 aliphatic rings. The maximum atomic E-state index is 8.62. The molecule has 0 aliphatic carbocycles. The summed E-state index contributed by atoms with van der Waals surface area (Å²) in [5.74, 6) is -0.222. The molecule has 0 aromatic carbocycles. The van der Waals surface area contributed by atoms with Gasteiger partial charge in [-0.25, -0.2) is 0 Å². The lowest BCUT2D eigenvalue weighted by Gasteiger charge is -2.06. The minimum absolute atomic E-state index is 0.163. The Kier molecular flexibility index (Phi) is 2.29. The van der Waals surface area contributed by atoms with Crippen LogP contribution in [-0.4, -0.2) is 5.84 Å². The Morgan fingerprint density at radius 1 is 1.58 bits per heavy atom. The molecule has 4 heteroatoms. The van der Waals surface area contributed by atoms with E-state index in [0.29, 0.717) is 5.70 Å². The fourth-order valence-corrected chi connectivity index (χ4v) is 0.814. The zero-order chi connectivity index (χ0) is 8.97. The Hall–Kier alpha value is -2.02. The van der Waals surface area contributed by atoms with Crippen LogP contribution in [0.1, 0.15) is 0 Å². The molecule has 0 bridgehead atoms. The van der Waals surface area contributed by atoms with Crippen LogP contribution >= 0.6 is 0 Å². The van der Waals surface area contributed by atoms with Crippen molar-refractivity contribution in [2.45, 2.75) is 0 Å². The van der Waals surface area contributed by atoms with Gasteiger partial charge in [0.25, 0.3) is 0 Å². The number of nitrogens with two attached hydrogens (primary N) is 1. The Morgan fingerprint density at radius 3 is 2.75 bits per heavy atom. The minimum Gasteiger partial charge on any atom is -0.383 e. The van der Waals surface area contributed by atoms with Gasteiger partial charge in [-0.15, -0.1) is 0 Å². The minimum atomic E-state index is -0.222. The number of dihydropyridines is 1. The van der Waals surface area contributed by atoms with Gasteiger partial charge in [0.1, 0.15) is 17.5 Å². The van der Waals surface area contributed by atoms with Crippen LogP contribution in [0, 0.1) is 16.7 Å². The molecular formula is C8H8N4. The van der Waals surface area contributed by atoms with Crippen molar-refractivity contribution in [2.24, 2.45) is 5.73 Å². The first-order chi connectivity index (χ1) is 5.75. The largest absolute Gasteiger partial charge is 0.383 e. The van der Waals surface area contributed by atoms with Gasteiger partial charge < -0.3 is 11.1 Å². The van der Waals surface area contributed by atoms with Crippen molar-refractivity contribution < 1.29 is 0 Å². The van der Waals surface area contributed by atoms with Crippen molar-refractivity contribution in [3.8, 4) is 6.07 Å². The van der Waals surface area contributed by atoms with Crippen LogP contribution in [0.5, 0.6) is 0 Å². The highest BCUT2D eigenvalue weighted by Crippen LogP contribution is 2.05. The van der Waals surface area contributed by atoms with Crippen LogP contribution in [0.3, 0.4) is 0 Å². The summed E-state index contributed by atoms with van der Waals surface area (Å²) in [5.41, 5.74) is 5.91. The van der Waals surface area contributed by atoms with E-state index in [4.69, 9.17) is 16.4 Å². The third-order valence-corrected chi connectivity index (χ3v) is 1.36. The summed E-state index contributed by atoms with van der Waals surface area (Å²) in [5, 5.41) is 18.5. The summed E-state index contributed by atoms with van der Waals surface area (Å²) in [7, 11) is 0. The predicted molar refractivity (Wildman–Crippen MR) is 46.0 cm³/mol. The molecular weight excluding hydrogens is 152 g/mol. The summed E-state index contributed by atoms with van der Waals surface area (Å²) in [6, 6.07) is 1.85. The van der Waals surface area contributed by atoms with E-state index in [1.54, 1.807) is 24.4 Å². The van der Waals surface area contributed by atoms with Gasteiger partial charge in [-0.2, -0.15) is 5.26 Å². The van der Waals surface area contributed by atoms with E-state index in [1.165, 1.54) is 0 Å². The van der Waals surface area contributed by atoms with Crippen LogP contribution in [0.25, 0.3) is 0 Å². The molecule has 4 nitrogen and oxygen atoms in total. The summed E-state index contributed by atoms with van der Waals surface area (Å²) in [6.07, 6.45) is 6.93. The van der Waals surface area contributed by atoms with Crippen molar-refractivity contribution in [3.05, 3.63) is 35.7 Å². The smallest absolute Gasteiger partial charge is 0.135 e. The van der Waals surface area contributed by atoms with E-state index < -0.39 is 0 Å². The van der Waals surface area contributed by atoms with Crippen LogP contribution in [-0.2, 0) is 0 Å². The normalized spacial score (nSPS) is 17.9. The first kappa shape index (κ1) is 8.08. The summed E-state index contributed by atoms with van der Waals surface area (Å²) in [4.78, 5) is 0.